The van der Waals surface area contributed by atoms with E-state index in [0.717, 1.165) is 0 Å². The van der Waals surface area contributed by atoms with E-state index < -0.39 is 0 Å². The molecule has 5 aromatic rings. The average molecular weight is 345 g/mol. The number of hydrogen-bond acceptors (Lipinski definition) is 0. The molecule has 0 unspecified atom stereocenters. The Labute approximate surface area is 159 Å². The van der Waals surface area contributed by atoms with Gasteiger partial charge in [0.15, 0.2) is 0 Å². The summed E-state index contributed by atoms with van der Waals surface area (Å²) in [6, 6.07) is 40.7. The van der Waals surface area contributed by atoms with Gasteiger partial charge in [0.25, 0.3) is 0 Å². The highest BCUT2D eigenvalue weighted by molar-refractivity contribution is 5.92. The van der Waals surface area contributed by atoms with Crippen LogP contribution in [0.2, 0.25) is 0 Å². The Morgan fingerprint density at radius 2 is 0.926 bits per heavy atom. The van der Waals surface area contributed by atoms with Gasteiger partial charge in [-0.15, -0.1) is 0 Å². The van der Waals surface area contributed by atoms with Gasteiger partial charge >= 0.3 is 0 Å². The van der Waals surface area contributed by atoms with Crippen molar-refractivity contribution in [2.75, 3.05) is 0 Å². The number of nitrogens with zero attached hydrogens (tertiary/aromatic N) is 1. The molecule has 0 atom stereocenters. The summed E-state index contributed by atoms with van der Waals surface area (Å²) in [6.07, 6.45) is 0. The van der Waals surface area contributed by atoms with Gasteiger partial charge in [-0.3, -0.25) is 0 Å². The van der Waals surface area contributed by atoms with Gasteiger partial charge in [0.2, 0.25) is 0 Å². The van der Waals surface area contributed by atoms with E-state index in [0.29, 0.717) is 0 Å². The van der Waals surface area contributed by atoms with Crippen molar-refractivity contribution in [3.8, 4) is 28.2 Å². The van der Waals surface area contributed by atoms with Gasteiger partial charge in [-0.2, -0.15) is 0 Å². The molecule has 0 fully saturated rings. The van der Waals surface area contributed by atoms with E-state index in [1.54, 1.807) is 0 Å². The Hall–Kier alpha value is -3.58. The zero-order chi connectivity index (χ0) is 18.1. The molecule has 1 nitrogen and oxygen atoms in total. The fraction of sp³-hybridized carbons (Fsp3) is 0. The molecule has 0 saturated carbocycles. The van der Waals surface area contributed by atoms with E-state index in [4.69, 9.17) is 0 Å². The van der Waals surface area contributed by atoms with Crippen LogP contribution >= 0.6 is 0 Å². The zero-order valence-electron chi connectivity index (χ0n) is 14.9. The molecule has 4 aromatic carbocycles. The summed E-state index contributed by atoms with van der Waals surface area (Å²) in [5.41, 5.74) is 6.03. The topological polar surface area (TPSA) is 4.93 Å². The molecule has 0 spiro atoms. The molecule has 1 heteroatoms. The van der Waals surface area contributed by atoms with Gasteiger partial charge < -0.3 is 4.57 Å². The van der Waals surface area contributed by atoms with Crippen molar-refractivity contribution in [1.82, 2.24) is 4.57 Å². The molecular formula is C26H19N. The van der Waals surface area contributed by atoms with E-state index in [2.05, 4.69) is 120 Å². The molecule has 0 radical (unpaired) electrons. The third-order valence-corrected chi connectivity index (χ3v) is 5.03. The van der Waals surface area contributed by atoms with Crippen LogP contribution in [0.4, 0.5) is 0 Å². The van der Waals surface area contributed by atoms with E-state index in [1.807, 2.05) is 0 Å². The molecule has 0 bridgehead atoms. The van der Waals surface area contributed by atoms with Gasteiger partial charge in [0.1, 0.15) is 0 Å². The number of aromatic nitrogens is 1. The van der Waals surface area contributed by atoms with Crippen LogP contribution in [-0.4, -0.2) is 4.57 Å². The van der Waals surface area contributed by atoms with Gasteiger partial charge in [0.05, 0.1) is 17.1 Å². The van der Waals surface area contributed by atoms with Crippen molar-refractivity contribution < 1.29 is 0 Å². The molecule has 1 heterocycles. The molecular weight excluding hydrogens is 326 g/mol. The minimum atomic E-state index is 1.20. The van der Waals surface area contributed by atoms with Crippen molar-refractivity contribution in [1.29, 1.82) is 0 Å². The number of rotatable bonds is 3. The van der Waals surface area contributed by atoms with Crippen molar-refractivity contribution >= 4 is 10.8 Å². The van der Waals surface area contributed by atoms with E-state index in [-0.39, 0.29) is 0 Å². The monoisotopic (exact) mass is 345 g/mol. The van der Waals surface area contributed by atoms with Crippen LogP contribution in [0.3, 0.4) is 0 Å². The summed E-state index contributed by atoms with van der Waals surface area (Å²) in [5.74, 6) is 0. The van der Waals surface area contributed by atoms with Gasteiger partial charge in [-0.1, -0.05) is 97.1 Å². The lowest BCUT2D eigenvalue weighted by Crippen LogP contribution is -2.00. The summed E-state index contributed by atoms with van der Waals surface area (Å²) < 4.78 is 2.38. The highest BCUT2D eigenvalue weighted by Gasteiger charge is 2.15. The maximum absolute atomic E-state index is 2.38. The van der Waals surface area contributed by atoms with Gasteiger partial charge in [-0.05, 0) is 34.7 Å². The summed E-state index contributed by atoms with van der Waals surface area (Å²) >= 11 is 0. The first-order chi connectivity index (χ1) is 13.4. The van der Waals surface area contributed by atoms with Crippen LogP contribution in [0.1, 0.15) is 0 Å². The smallest absolute Gasteiger partial charge is 0.0540 e. The van der Waals surface area contributed by atoms with E-state index >= 15 is 0 Å². The lowest BCUT2D eigenvalue weighted by Gasteiger charge is -2.16. The Morgan fingerprint density at radius 1 is 0.407 bits per heavy atom. The number of fused-ring (bicyclic) bond motifs is 1. The second kappa shape index (κ2) is 6.62. The Balaban J connectivity index is 1.85. The lowest BCUT2D eigenvalue weighted by atomic mass is 10.1. The van der Waals surface area contributed by atoms with Gasteiger partial charge in [-0.25, -0.2) is 0 Å². The Bertz CT molecular complexity index is 1140. The number of benzene rings is 4. The van der Waals surface area contributed by atoms with Crippen LogP contribution in [-0.2, 0) is 0 Å². The minimum absolute atomic E-state index is 1.20. The first-order valence-electron chi connectivity index (χ1n) is 9.22. The third kappa shape index (κ3) is 2.74. The standard InChI is InChI=1S/C26H19N/c1-3-11-21(12-4-1)24-18-19-25(22-13-5-2-6-14-22)27(24)26-17-9-15-20-10-7-8-16-23(20)26/h1-19H. The summed E-state index contributed by atoms with van der Waals surface area (Å²) in [7, 11) is 0. The van der Waals surface area contributed by atoms with Crippen LogP contribution < -0.4 is 0 Å². The fourth-order valence-corrected chi connectivity index (χ4v) is 3.77. The minimum Gasteiger partial charge on any atom is -0.309 e. The second-order valence-corrected chi connectivity index (χ2v) is 6.67. The molecule has 0 amide bonds. The predicted octanol–water partition coefficient (Wildman–Crippen LogP) is 6.96. The van der Waals surface area contributed by atoms with Crippen molar-refractivity contribution in [2.45, 2.75) is 0 Å². The molecule has 0 N–H and O–H groups in total. The molecule has 0 aliphatic heterocycles. The maximum Gasteiger partial charge on any atom is 0.0540 e. The largest absolute Gasteiger partial charge is 0.309 e. The molecule has 5 rings (SSSR count). The van der Waals surface area contributed by atoms with E-state index in [9.17, 15) is 0 Å². The molecule has 0 saturated heterocycles. The van der Waals surface area contributed by atoms with Crippen molar-refractivity contribution in [3.63, 3.8) is 0 Å². The highest BCUT2D eigenvalue weighted by atomic mass is 15.0. The fourth-order valence-electron chi connectivity index (χ4n) is 3.77. The van der Waals surface area contributed by atoms with Crippen molar-refractivity contribution in [2.24, 2.45) is 0 Å². The third-order valence-electron chi connectivity index (χ3n) is 5.03. The predicted molar refractivity (Wildman–Crippen MR) is 114 cm³/mol. The van der Waals surface area contributed by atoms with E-state index in [1.165, 1.54) is 39.0 Å². The SMILES string of the molecule is c1ccc(-c2ccc(-c3ccccc3)n2-c2cccc3ccccc23)cc1. The van der Waals surface area contributed by atoms with Crippen LogP contribution in [0.5, 0.6) is 0 Å². The van der Waals surface area contributed by atoms with Gasteiger partial charge in [0, 0.05) is 5.39 Å². The first-order valence-corrected chi connectivity index (χ1v) is 9.22. The quantitative estimate of drug-likeness (QED) is 0.333. The summed E-state index contributed by atoms with van der Waals surface area (Å²) in [6.45, 7) is 0. The zero-order valence-corrected chi connectivity index (χ0v) is 14.9. The maximum atomic E-state index is 2.38. The molecule has 27 heavy (non-hydrogen) atoms. The molecule has 0 aliphatic carbocycles. The normalized spacial score (nSPS) is 11.0. The molecule has 1 aromatic heterocycles. The van der Waals surface area contributed by atoms with Crippen molar-refractivity contribution in [3.05, 3.63) is 115 Å². The summed E-state index contributed by atoms with van der Waals surface area (Å²) in [5, 5.41) is 2.51. The number of hydrogen-bond donors (Lipinski definition) is 0. The Morgan fingerprint density at radius 3 is 1.56 bits per heavy atom. The van der Waals surface area contributed by atoms with Crippen LogP contribution in [0, 0.1) is 0 Å². The molecule has 128 valence electrons. The Kier molecular flexibility index (Phi) is 3.84. The second-order valence-electron chi connectivity index (χ2n) is 6.67. The average Bonchev–Trinajstić information content (AvgIpc) is 3.19. The highest BCUT2D eigenvalue weighted by Crippen LogP contribution is 2.35. The lowest BCUT2D eigenvalue weighted by molar-refractivity contribution is 1.11. The molecule has 0 aliphatic rings. The summed E-state index contributed by atoms with van der Waals surface area (Å²) in [4.78, 5) is 0. The van der Waals surface area contributed by atoms with Crippen LogP contribution in [0.25, 0.3) is 39.0 Å². The first kappa shape index (κ1) is 15.7. The van der Waals surface area contributed by atoms with Crippen LogP contribution in [0.15, 0.2) is 115 Å².